The van der Waals surface area contributed by atoms with Crippen molar-refractivity contribution in [3.05, 3.63) is 52.8 Å². The summed E-state index contributed by atoms with van der Waals surface area (Å²) in [5.41, 5.74) is 3.38. The summed E-state index contributed by atoms with van der Waals surface area (Å²) in [6.07, 6.45) is 1.19. The molecule has 1 aliphatic rings. The highest BCUT2D eigenvalue weighted by molar-refractivity contribution is 5.94. The lowest BCUT2D eigenvalue weighted by Gasteiger charge is -2.26. The van der Waals surface area contributed by atoms with Crippen molar-refractivity contribution in [3.8, 4) is 0 Å². The van der Waals surface area contributed by atoms with Crippen LogP contribution in [0.25, 0.3) is 0 Å². The van der Waals surface area contributed by atoms with Crippen LogP contribution in [-0.4, -0.2) is 45.4 Å². The molecule has 1 aliphatic heterocycles. The zero-order valence-corrected chi connectivity index (χ0v) is 14.7. The molecule has 0 spiro atoms. The minimum Gasteiger partial charge on any atom is -0.396 e. The van der Waals surface area contributed by atoms with Crippen molar-refractivity contribution in [3.63, 3.8) is 0 Å². The third-order valence-corrected chi connectivity index (χ3v) is 4.53. The molecule has 0 aliphatic carbocycles. The molecule has 0 saturated carbocycles. The Labute approximate surface area is 147 Å². The Morgan fingerprint density at radius 2 is 2.12 bits per heavy atom. The van der Waals surface area contributed by atoms with E-state index in [-0.39, 0.29) is 24.7 Å². The van der Waals surface area contributed by atoms with E-state index in [1.807, 2.05) is 44.2 Å². The van der Waals surface area contributed by atoms with Crippen molar-refractivity contribution in [2.75, 3.05) is 13.2 Å². The van der Waals surface area contributed by atoms with Crippen molar-refractivity contribution in [1.29, 1.82) is 0 Å². The number of rotatable bonds is 6. The molecule has 0 fully saturated rings. The number of aromatic amines is 1. The highest BCUT2D eigenvalue weighted by Gasteiger charge is 2.31. The Hall–Kier alpha value is -2.18. The van der Waals surface area contributed by atoms with Gasteiger partial charge >= 0.3 is 0 Å². The molecule has 1 aromatic heterocycles. The minimum atomic E-state index is -0.101. The first-order valence-corrected chi connectivity index (χ1v) is 8.76. The summed E-state index contributed by atoms with van der Waals surface area (Å²) >= 11 is 0. The second-order valence-corrected chi connectivity index (χ2v) is 6.55. The van der Waals surface area contributed by atoms with E-state index in [9.17, 15) is 9.90 Å². The van der Waals surface area contributed by atoms with E-state index in [4.69, 9.17) is 4.74 Å². The SMILES string of the molecule is C[C@@H]1Cc2c(C(=O)N(CCCO)Cc3ccccc3)n[nH]c2[C@H](C)O1. The maximum atomic E-state index is 13.1. The summed E-state index contributed by atoms with van der Waals surface area (Å²) in [5.74, 6) is -0.101. The van der Waals surface area contributed by atoms with Gasteiger partial charge in [0.2, 0.25) is 0 Å². The summed E-state index contributed by atoms with van der Waals surface area (Å²) in [7, 11) is 0. The van der Waals surface area contributed by atoms with E-state index in [1.54, 1.807) is 4.90 Å². The predicted octanol–water partition coefficient (Wildman–Crippen LogP) is 2.46. The number of nitrogens with one attached hydrogen (secondary N) is 1. The van der Waals surface area contributed by atoms with Gasteiger partial charge in [0.1, 0.15) is 0 Å². The first-order chi connectivity index (χ1) is 12.1. The van der Waals surface area contributed by atoms with Crippen molar-refractivity contribution in [2.24, 2.45) is 0 Å². The highest BCUT2D eigenvalue weighted by atomic mass is 16.5. The molecule has 0 unspecified atom stereocenters. The molecule has 2 aromatic rings. The number of fused-ring (bicyclic) bond motifs is 1. The van der Waals surface area contributed by atoms with E-state index in [1.165, 1.54) is 0 Å². The number of H-pyrrole nitrogens is 1. The Kier molecular flexibility index (Phi) is 5.50. The summed E-state index contributed by atoms with van der Waals surface area (Å²) < 4.78 is 5.80. The average Bonchev–Trinajstić information content (AvgIpc) is 3.03. The number of aliphatic hydroxyl groups is 1. The number of aliphatic hydroxyl groups excluding tert-OH is 1. The van der Waals surface area contributed by atoms with Gasteiger partial charge in [-0.05, 0) is 25.8 Å². The van der Waals surface area contributed by atoms with Gasteiger partial charge in [-0.2, -0.15) is 5.10 Å². The number of amides is 1. The fraction of sp³-hybridized carbons (Fsp3) is 0.474. The molecule has 6 heteroatoms. The zero-order valence-electron chi connectivity index (χ0n) is 14.7. The van der Waals surface area contributed by atoms with Crippen molar-refractivity contribution >= 4 is 5.91 Å². The molecule has 6 nitrogen and oxygen atoms in total. The molecule has 0 radical (unpaired) electrons. The molecule has 1 amide bonds. The van der Waals surface area contributed by atoms with E-state index >= 15 is 0 Å². The molecule has 2 N–H and O–H groups in total. The van der Waals surface area contributed by atoms with E-state index < -0.39 is 0 Å². The number of hydrogen-bond acceptors (Lipinski definition) is 4. The molecule has 134 valence electrons. The molecule has 25 heavy (non-hydrogen) atoms. The lowest BCUT2D eigenvalue weighted by molar-refractivity contribution is -0.00702. The number of carbonyl (C=O) groups is 1. The topological polar surface area (TPSA) is 78.5 Å². The van der Waals surface area contributed by atoms with Crippen LogP contribution in [0.5, 0.6) is 0 Å². The summed E-state index contributed by atoms with van der Waals surface area (Å²) in [6.45, 7) is 5.03. The van der Waals surface area contributed by atoms with Gasteiger partial charge in [-0.1, -0.05) is 30.3 Å². The van der Waals surface area contributed by atoms with Crippen molar-refractivity contribution < 1.29 is 14.6 Å². The lowest BCUT2D eigenvalue weighted by atomic mass is 9.99. The quantitative estimate of drug-likeness (QED) is 0.844. The number of hydrogen-bond donors (Lipinski definition) is 2. The fourth-order valence-electron chi connectivity index (χ4n) is 3.32. The molecule has 3 rings (SSSR count). The fourth-order valence-corrected chi connectivity index (χ4v) is 3.32. The maximum absolute atomic E-state index is 13.1. The number of aromatic nitrogens is 2. The standard InChI is InChI=1S/C19H25N3O3/c1-13-11-16-17(14(2)25-13)20-21-18(16)19(24)22(9-6-10-23)12-15-7-4-3-5-8-15/h3-5,7-8,13-14,23H,6,9-12H2,1-2H3,(H,20,21)/t13-,14+/m1/s1. The van der Waals surface area contributed by atoms with Crippen molar-refractivity contribution in [2.45, 2.75) is 45.4 Å². The largest absolute Gasteiger partial charge is 0.396 e. The van der Waals surface area contributed by atoms with Gasteiger partial charge in [-0.3, -0.25) is 9.89 Å². The van der Waals surface area contributed by atoms with Crippen LogP contribution in [0.3, 0.4) is 0 Å². The summed E-state index contributed by atoms with van der Waals surface area (Å²) in [4.78, 5) is 14.9. The third kappa shape index (κ3) is 3.91. The third-order valence-electron chi connectivity index (χ3n) is 4.53. The van der Waals surface area contributed by atoms with Crippen molar-refractivity contribution in [1.82, 2.24) is 15.1 Å². The second kappa shape index (κ2) is 7.80. The van der Waals surface area contributed by atoms with Crippen LogP contribution in [-0.2, 0) is 17.7 Å². The van der Waals surface area contributed by atoms with Gasteiger partial charge in [0.25, 0.3) is 5.91 Å². The van der Waals surface area contributed by atoms with Crippen LogP contribution >= 0.6 is 0 Å². The lowest BCUT2D eigenvalue weighted by Crippen LogP contribution is -2.33. The molecule has 1 aromatic carbocycles. The molecule has 2 atom stereocenters. The number of carbonyl (C=O) groups excluding carboxylic acids is 1. The average molecular weight is 343 g/mol. The first kappa shape index (κ1) is 17.6. The highest BCUT2D eigenvalue weighted by Crippen LogP contribution is 2.30. The zero-order chi connectivity index (χ0) is 17.8. The Bertz CT molecular complexity index is 714. The maximum Gasteiger partial charge on any atom is 0.274 e. The minimum absolute atomic E-state index is 0.0547. The number of ether oxygens (including phenoxy) is 1. The molecule has 2 heterocycles. The van der Waals surface area contributed by atoms with Gasteiger partial charge < -0.3 is 14.7 Å². The van der Waals surface area contributed by atoms with E-state index in [2.05, 4.69) is 10.2 Å². The summed E-state index contributed by atoms with van der Waals surface area (Å²) in [5, 5.41) is 16.5. The predicted molar refractivity (Wildman–Crippen MR) is 94.1 cm³/mol. The van der Waals surface area contributed by atoms with Crippen LogP contribution in [0.4, 0.5) is 0 Å². The van der Waals surface area contributed by atoms with Crippen LogP contribution < -0.4 is 0 Å². The van der Waals surface area contributed by atoms with Crippen LogP contribution in [0, 0.1) is 0 Å². The van der Waals surface area contributed by atoms with Gasteiger partial charge in [-0.25, -0.2) is 0 Å². The number of benzene rings is 1. The van der Waals surface area contributed by atoms with Gasteiger partial charge in [-0.15, -0.1) is 0 Å². The molecule has 0 bridgehead atoms. The Balaban J connectivity index is 1.85. The van der Waals surface area contributed by atoms with Crippen LogP contribution in [0.2, 0.25) is 0 Å². The number of nitrogens with zero attached hydrogens (tertiary/aromatic N) is 2. The summed E-state index contributed by atoms with van der Waals surface area (Å²) in [6, 6.07) is 9.87. The monoisotopic (exact) mass is 343 g/mol. The van der Waals surface area contributed by atoms with Gasteiger partial charge in [0.05, 0.1) is 17.9 Å². The van der Waals surface area contributed by atoms with E-state index in [0.717, 1.165) is 16.8 Å². The Morgan fingerprint density at radius 3 is 2.84 bits per heavy atom. The van der Waals surface area contributed by atoms with Crippen LogP contribution in [0.15, 0.2) is 30.3 Å². The molecular weight excluding hydrogens is 318 g/mol. The second-order valence-electron chi connectivity index (χ2n) is 6.55. The first-order valence-electron chi connectivity index (χ1n) is 8.76. The molecular formula is C19H25N3O3. The Morgan fingerprint density at radius 1 is 1.36 bits per heavy atom. The van der Waals surface area contributed by atoms with Crippen LogP contribution in [0.1, 0.15) is 53.7 Å². The van der Waals surface area contributed by atoms with E-state index in [0.29, 0.717) is 31.6 Å². The smallest absolute Gasteiger partial charge is 0.274 e. The molecule has 0 saturated heterocycles. The van der Waals surface area contributed by atoms with Gasteiger partial charge in [0, 0.05) is 31.7 Å². The normalized spacial score (nSPS) is 19.5. The van der Waals surface area contributed by atoms with Gasteiger partial charge in [0.15, 0.2) is 5.69 Å².